The van der Waals surface area contributed by atoms with E-state index in [1.807, 2.05) is 19.0 Å². The number of aliphatic hydroxyl groups excluding tert-OH is 2. The van der Waals surface area contributed by atoms with E-state index in [4.69, 9.17) is 5.11 Å². The monoisotopic (exact) mass is 202 g/mol. The first-order chi connectivity index (χ1) is 6.58. The van der Waals surface area contributed by atoms with Crippen LogP contribution in [0.4, 0.5) is 0 Å². The smallest absolute Gasteiger partial charge is 0.0791 e. The topological polar surface area (TPSA) is 55.7 Å². The SMILES string of the molecule is CN(C)CC(O)CNCC1CC(O)C1. The van der Waals surface area contributed by atoms with Crippen molar-refractivity contribution >= 4 is 0 Å². The van der Waals surface area contributed by atoms with Gasteiger partial charge >= 0.3 is 0 Å². The van der Waals surface area contributed by atoms with Gasteiger partial charge in [-0.25, -0.2) is 0 Å². The highest BCUT2D eigenvalue weighted by Gasteiger charge is 2.26. The summed E-state index contributed by atoms with van der Waals surface area (Å²) in [6.07, 6.45) is 1.46. The predicted octanol–water partition coefficient (Wildman–Crippen LogP) is -0.731. The van der Waals surface area contributed by atoms with E-state index in [-0.39, 0.29) is 12.2 Å². The van der Waals surface area contributed by atoms with Crippen LogP contribution in [0.15, 0.2) is 0 Å². The van der Waals surface area contributed by atoms with Gasteiger partial charge in [-0.15, -0.1) is 0 Å². The number of rotatable bonds is 6. The van der Waals surface area contributed by atoms with E-state index in [1.165, 1.54) is 0 Å². The number of hydrogen-bond acceptors (Lipinski definition) is 4. The molecular weight excluding hydrogens is 180 g/mol. The van der Waals surface area contributed by atoms with Crippen LogP contribution in [-0.4, -0.2) is 61.1 Å². The first-order valence-corrected chi connectivity index (χ1v) is 5.29. The molecule has 0 aromatic rings. The summed E-state index contributed by atoms with van der Waals surface area (Å²) in [5, 5.41) is 21.8. The Balaban J connectivity index is 1.93. The van der Waals surface area contributed by atoms with E-state index in [0.29, 0.717) is 19.0 Å². The third-order valence-electron chi connectivity index (χ3n) is 2.60. The van der Waals surface area contributed by atoms with Gasteiger partial charge in [-0.1, -0.05) is 0 Å². The van der Waals surface area contributed by atoms with Gasteiger partial charge in [0.05, 0.1) is 12.2 Å². The summed E-state index contributed by atoms with van der Waals surface area (Å²) in [7, 11) is 3.90. The highest BCUT2D eigenvalue weighted by molar-refractivity contribution is 4.80. The lowest BCUT2D eigenvalue weighted by Gasteiger charge is -2.31. The molecule has 0 spiro atoms. The summed E-state index contributed by atoms with van der Waals surface area (Å²) >= 11 is 0. The maximum absolute atomic E-state index is 9.52. The Bertz CT molecular complexity index is 158. The average Bonchev–Trinajstić information content (AvgIpc) is 1.99. The molecule has 0 aliphatic heterocycles. The van der Waals surface area contributed by atoms with Gasteiger partial charge in [0.1, 0.15) is 0 Å². The summed E-state index contributed by atoms with van der Waals surface area (Å²) in [5.41, 5.74) is 0. The Hall–Kier alpha value is -0.160. The standard InChI is InChI=1S/C10H22N2O2/c1-12(2)7-10(14)6-11-5-8-3-9(13)4-8/h8-11,13-14H,3-7H2,1-2H3. The minimum absolute atomic E-state index is 0.0755. The molecule has 1 aliphatic carbocycles. The minimum atomic E-state index is -0.296. The number of nitrogens with zero attached hydrogens (tertiary/aromatic N) is 1. The molecule has 1 aliphatic rings. The molecule has 0 amide bonds. The molecule has 4 nitrogen and oxygen atoms in total. The van der Waals surface area contributed by atoms with Gasteiger partial charge in [0, 0.05) is 13.1 Å². The first-order valence-electron chi connectivity index (χ1n) is 5.29. The van der Waals surface area contributed by atoms with Gasteiger partial charge in [-0.2, -0.15) is 0 Å². The zero-order chi connectivity index (χ0) is 10.6. The molecule has 0 aromatic heterocycles. The van der Waals surface area contributed by atoms with Crippen LogP contribution >= 0.6 is 0 Å². The Morgan fingerprint density at radius 3 is 2.57 bits per heavy atom. The predicted molar refractivity (Wildman–Crippen MR) is 56.2 cm³/mol. The van der Waals surface area contributed by atoms with Crippen molar-refractivity contribution in [2.75, 3.05) is 33.7 Å². The van der Waals surface area contributed by atoms with Gasteiger partial charge in [0.2, 0.25) is 0 Å². The van der Waals surface area contributed by atoms with Gasteiger partial charge in [0.15, 0.2) is 0 Å². The van der Waals surface area contributed by atoms with Crippen molar-refractivity contribution in [3.05, 3.63) is 0 Å². The van der Waals surface area contributed by atoms with Crippen molar-refractivity contribution in [2.45, 2.75) is 25.0 Å². The number of hydrogen-bond donors (Lipinski definition) is 3. The molecule has 3 N–H and O–H groups in total. The molecule has 0 aromatic carbocycles. The summed E-state index contributed by atoms with van der Waals surface area (Å²) in [6.45, 7) is 2.26. The zero-order valence-corrected chi connectivity index (χ0v) is 9.11. The highest BCUT2D eigenvalue weighted by atomic mass is 16.3. The van der Waals surface area contributed by atoms with E-state index in [0.717, 1.165) is 19.4 Å². The van der Waals surface area contributed by atoms with Crippen LogP contribution in [-0.2, 0) is 0 Å². The normalized spacial score (nSPS) is 28.9. The molecule has 0 saturated heterocycles. The van der Waals surface area contributed by atoms with Crippen molar-refractivity contribution in [2.24, 2.45) is 5.92 Å². The van der Waals surface area contributed by atoms with E-state index in [9.17, 15) is 5.11 Å². The second-order valence-corrected chi connectivity index (χ2v) is 4.57. The third-order valence-corrected chi connectivity index (χ3v) is 2.60. The molecule has 0 heterocycles. The van der Waals surface area contributed by atoms with E-state index >= 15 is 0 Å². The fourth-order valence-electron chi connectivity index (χ4n) is 1.81. The van der Waals surface area contributed by atoms with Crippen molar-refractivity contribution in [1.82, 2.24) is 10.2 Å². The fraction of sp³-hybridized carbons (Fsp3) is 1.00. The summed E-state index contributed by atoms with van der Waals surface area (Å²) in [4.78, 5) is 1.97. The van der Waals surface area contributed by atoms with Gasteiger partial charge in [-0.3, -0.25) is 0 Å². The second-order valence-electron chi connectivity index (χ2n) is 4.57. The number of likely N-dealkylation sites (N-methyl/N-ethyl adjacent to an activating group) is 1. The number of nitrogens with one attached hydrogen (secondary N) is 1. The molecule has 84 valence electrons. The quantitative estimate of drug-likeness (QED) is 0.531. The lowest BCUT2D eigenvalue weighted by atomic mass is 9.82. The Labute approximate surface area is 85.9 Å². The number of aliphatic hydroxyl groups is 2. The van der Waals surface area contributed by atoms with Gasteiger partial charge in [0.25, 0.3) is 0 Å². The molecular formula is C10H22N2O2. The van der Waals surface area contributed by atoms with Crippen molar-refractivity contribution in [1.29, 1.82) is 0 Å². The summed E-state index contributed by atoms with van der Waals surface area (Å²) in [5.74, 6) is 0.608. The minimum Gasteiger partial charge on any atom is -0.393 e. The first kappa shape index (κ1) is 11.9. The van der Waals surface area contributed by atoms with Crippen molar-refractivity contribution in [3.63, 3.8) is 0 Å². The van der Waals surface area contributed by atoms with Crippen LogP contribution in [0.3, 0.4) is 0 Å². The Kier molecular flexibility index (Phi) is 4.81. The molecule has 1 atom stereocenters. The van der Waals surface area contributed by atoms with Crippen molar-refractivity contribution < 1.29 is 10.2 Å². The molecule has 1 fully saturated rings. The van der Waals surface area contributed by atoms with Gasteiger partial charge < -0.3 is 20.4 Å². The van der Waals surface area contributed by atoms with Crippen LogP contribution in [0.2, 0.25) is 0 Å². The largest absolute Gasteiger partial charge is 0.393 e. The van der Waals surface area contributed by atoms with Crippen LogP contribution < -0.4 is 5.32 Å². The molecule has 1 rings (SSSR count). The Morgan fingerprint density at radius 1 is 1.43 bits per heavy atom. The molecule has 14 heavy (non-hydrogen) atoms. The average molecular weight is 202 g/mol. The third kappa shape index (κ3) is 4.37. The van der Waals surface area contributed by atoms with E-state index in [2.05, 4.69) is 5.32 Å². The van der Waals surface area contributed by atoms with Crippen LogP contribution in [0.5, 0.6) is 0 Å². The van der Waals surface area contributed by atoms with Crippen LogP contribution in [0, 0.1) is 5.92 Å². The lowest BCUT2D eigenvalue weighted by Crippen LogP contribution is -2.40. The van der Waals surface area contributed by atoms with Crippen LogP contribution in [0.1, 0.15) is 12.8 Å². The second kappa shape index (κ2) is 5.66. The van der Waals surface area contributed by atoms with Crippen molar-refractivity contribution in [3.8, 4) is 0 Å². The summed E-state index contributed by atoms with van der Waals surface area (Å²) < 4.78 is 0. The summed E-state index contributed by atoms with van der Waals surface area (Å²) in [6, 6.07) is 0. The van der Waals surface area contributed by atoms with Gasteiger partial charge in [-0.05, 0) is 39.4 Å². The molecule has 4 heteroatoms. The molecule has 0 radical (unpaired) electrons. The maximum atomic E-state index is 9.52. The fourth-order valence-corrected chi connectivity index (χ4v) is 1.81. The zero-order valence-electron chi connectivity index (χ0n) is 9.11. The molecule has 1 saturated carbocycles. The maximum Gasteiger partial charge on any atom is 0.0791 e. The van der Waals surface area contributed by atoms with E-state index < -0.39 is 0 Å². The highest BCUT2D eigenvalue weighted by Crippen LogP contribution is 2.25. The Morgan fingerprint density at radius 2 is 2.07 bits per heavy atom. The van der Waals surface area contributed by atoms with Crippen LogP contribution in [0.25, 0.3) is 0 Å². The molecule has 1 unspecified atom stereocenters. The van der Waals surface area contributed by atoms with E-state index in [1.54, 1.807) is 0 Å². The lowest BCUT2D eigenvalue weighted by molar-refractivity contribution is 0.0409. The molecule has 0 bridgehead atoms.